The third kappa shape index (κ3) is 3.53. The number of fused-ring (bicyclic) bond motifs is 1. The minimum absolute atomic E-state index is 0.00274. The summed E-state index contributed by atoms with van der Waals surface area (Å²) in [5.41, 5.74) is 1.16. The lowest BCUT2D eigenvalue weighted by Gasteiger charge is -2.35. The van der Waals surface area contributed by atoms with Gasteiger partial charge in [-0.25, -0.2) is 12.8 Å². The fraction of sp³-hybridized carbons (Fsp3) is 0.500. The average molecular weight is 314 g/mol. The number of anilines is 2. The van der Waals surface area contributed by atoms with Gasteiger partial charge in [0.05, 0.1) is 17.1 Å². The van der Waals surface area contributed by atoms with Crippen molar-refractivity contribution in [2.75, 3.05) is 41.4 Å². The minimum atomic E-state index is -3.38. The molecule has 0 atom stereocenters. The van der Waals surface area contributed by atoms with E-state index in [1.807, 2.05) is 11.9 Å². The number of amides is 1. The van der Waals surface area contributed by atoms with Gasteiger partial charge in [0.15, 0.2) is 9.84 Å². The maximum absolute atomic E-state index is 13.3. The lowest BCUT2D eigenvalue weighted by molar-refractivity contribution is -0.116. The van der Waals surface area contributed by atoms with Gasteiger partial charge in [-0.1, -0.05) is 6.92 Å². The Morgan fingerprint density at radius 2 is 2.00 bits per heavy atom. The Morgan fingerprint density at radius 3 is 2.67 bits per heavy atom. The van der Waals surface area contributed by atoms with Gasteiger partial charge in [-0.15, -0.1) is 0 Å². The van der Waals surface area contributed by atoms with E-state index in [9.17, 15) is 17.6 Å². The molecule has 0 radical (unpaired) electrons. The van der Waals surface area contributed by atoms with E-state index < -0.39 is 21.5 Å². The van der Waals surface area contributed by atoms with Crippen LogP contribution in [-0.2, 0) is 14.6 Å². The second kappa shape index (κ2) is 6.01. The Morgan fingerprint density at radius 1 is 1.29 bits per heavy atom. The van der Waals surface area contributed by atoms with Gasteiger partial charge in [0, 0.05) is 20.1 Å². The zero-order valence-corrected chi connectivity index (χ0v) is 13.0. The standard InChI is InChI=1S/C14H19FN2O3S/c1-3-8-21(19,20)10-14(18)17-7-6-16(2)13-9-11(15)4-5-12(13)17/h4-5,9H,3,6-8,10H2,1-2H3. The van der Waals surface area contributed by atoms with Crippen LogP contribution in [0.3, 0.4) is 0 Å². The van der Waals surface area contributed by atoms with E-state index in [0.29, 0.717) is 30.9 Å². The molecule has 0 bridgehead atoms. The molecule has 21 heavy (non-hydrogen) atoms. The molecule has 0 fully saturated rings. The maximum atomic E-state index is 13.3. The SMILES string of the molecule is CCCS(=O)(=O)CC(=O)N1CCN(C)c2cc(F)ccc21. The highest BCUT2D eigenvalue weighted by atomic mass is 32.2. The van der Waals surface area contributed by atoms with Gasteiger partial charge in [-0.2, -0.15) is 0 Å². The van der Waals surface area contributed by atoms with Crippen molar-refractivity contribution in [3.05, 3.63) is 24.0 Å². The Kier molecular flexibility index (Phi) is 4.51. The molecule has 1 heterocycles. The van der Waals surface area contributed by atoms with Crippen LogP contribution < -0.4 is 9.80 Å². The van der Waals surface area contributed by atoms with E-state index >= 15 is 0 Å². The van der Waals surface area contributed by atoms with Crippen LogP contribution in [0.2, 0.25) is 0 Å². The first kappa shape index (κ1) is 15.8. The van der Waals surface area contributed by atoms with Crippen molar-refractivity contribution in [2.45, 2.75) is 13.3 Å². The summed E-state index contributed by atoms with van der Waals surface area (Å²) in [6, 6.07) is 4.15. The molecule has 1 aromatic carbocycles. The molecule has 1 aromatic rings. The molecule has 0 N–H and O–H groups in total. The third-order valence-electron chi connectivity index (χ3n) is 3.46. The van der Waals surface area contributed by atoms with Gasteiger partial charge >= 0.3 is 0 Å². The quantitative estimate of drug-likeness (QED) is 0.844. The molecule has 0 unspecified atom stereocenters. The Balaban J connectivity index is 2.27. The van der Waals surface area contributed by atoms with Crippen molar-refractivity contribution < 1.29 is 17.6 Å². The van der Waals surface area contributed by atoms with Crippen LogP contribution in [0.5, 0.6) is 0 Å². The summed E-state index contributed by atoms with van der Waals surface area (Å²) in [5, 5.41) is 0. The molecule has 116 valence electrons. The summed E-state index contributed by atoms with van der Waals surface area (Å²) in [4.78, 5) is 15.6. The first-order chi connectivity index (χ1) is 9.84. The van der Waals surface area contributed by atoms with E-state index in [-0.39, 0.29) is 11.6 Å². The zero-order chi connectivity index (χ0) is 15.6. The van der Waals surface area contributed by atoms with Crippen molar-refractivity contribution >= 4 is 27.1 Å². The number of sulfone groups is 1. The molecule has 0 saturated heterocycles. The second-order valence-electron chi connectivity index (χ2n) is 5.19. The predicted octanol–water partition coefficient (Wildman–Crippen LogP) is 1.43. The molecule has 2 rings (SSSR count). The Bertz CT molecular complexity index is 646. The van der Waals surface area contributed by atoms with Crippen molar-refractivity contribution in [2.24, 2.45) is 0 Å². The molecule has 0 saturated carbocycles. The smallest absolute Gasteiger partial charge is 0.242 e. The number of nitrogens with zero attached hydrogens (tertiary/aromatic N) is 2. The van der Waals surface area contributed by atoms with Gasteiger partial charge in [-0.3, -0.25) is 4.79 Å². The molecule has 1 aliphatic rings. The molecule has 7 heteroatoms. The van der Waals surface area contributed by atoms with Gasteiger partial charge in [0.1, 0.15) is 11.6 Å². The molecule has 0 aromatic heterocycles. The largest absolute Gasteiger partial charge is 0.371 e. The summed E-state index contributed by atoms with van der Waals surface area (Å²) in [5.74, 6) is -1.33. The summed E-state index contributed by atoms with van der Waals surface area (Å²) in [7, 11) is -1.57. The van der Waals surface area contributed by atoms with Gasteiger partial charge in [0.25, 0.3) is 0 Å². The highest BCUT2D eigenvalue weighted by Gasteiger charge is 2.28. The van der Waals surface area contributed by atoms with E-state index in [4.69, 9.17) is 0 Å². The fourth-order valence-electron chi connectivity index (χ4n) is 2.43. The minimum Gasteiger partial charge on any atom is -0.371 e. The van der Waals surface area contributed by atoms with Crippen LogP contribution in [0.4, 0.5) is 15.8 Å². The Labute approximate surface area is 124 Å². The van der Waals surface area contributed by atoms with E-state index in [1.54, 1.807) is 6.92 Å². The highest BCUT2D eigenvalue weighted by Crippen LogP contribution is 2.32. The summed E-state index contributed by atoms with van der Waals surface area (Å²) >= 11 is 0. The molecular formula is C14H19FN2O3S. The Hall–Kier alpha value is -1.63. The van der Waals surface area contributed by atoms with Crippen molar-refractivity contribution in [1.82, 2.24) is 0 Å². The normalized spacial score (nSPS) is 15.0. The third-order valence-corrected chi connectivity index (χ3v) is 5.18. The van der Waals surface area contributed by atoms with Crippen LogP contribution in [-0.4, -0.2) is 46.0 Å². The lowest BCUT2D eigenvalue weighted by atomic mass is 10.1. The van der Waals surface area contributed by atoms with Crippen LogP contribution in [0.25, 0.3) is 0 Å². The molecule has 0 spiro atoms. The molecule has 1 aliphatic heterocycles. The van der Waals surface area contributed by atoms with Gasteiger partial charge in [-0.05, 0) is 24.6 Å². The number of likely N-dealkylation sites (N-methyl/N-ethyl adjacent to an activating group) is 1. The van der Waals surface area contributed by atoms with Crippen molar-refractivity contribution in [1.29, 1.82) is 0 Å². The zero-order valence-electron chi connectivity index (χ0n) is 12.2. The number of halogens is 1. The van der Waals surface area contributed by atoms with E-state index in [1.165, 1.54) is 23.1 Å². The molecule has 5 nitrogen and oxygen atoms in total. The number of carbonyl (C=O) groups excluding carboxylic acids is 1. The van der Waals surface area contributed by atoms with Gasteiger partial charge in [0.2, 0.25) is 5.91 Å². The van der Waals surface area contributed by atoms with E-state index in [2.05, 4.69) is 0 Å². The number of hydrogen-bond acceptors (Lipinski definition) is 4. The first-order valence-corrected chi connectivity index (χ1v) is 8.67. The predicted molar refractivity (Wildman–Crippen MR) is 81.0 cm³/mol. The number of hydrogen-bond donors (Lipinski definition) is 0. The lowest BCUT2D eigenvalue weighted by Crippen LogP contribution is -2.45. The number of rotatable bonds is 4. The van der Waals surface area contributed by atoms with Crippen LogP contribution in [0, 0.1) is 5.82 Å². The molecule has 0 aliphatic carbocycles. The molecule has 1 amide bonds. The van der Waals surface area contributed by atoms with Crippen LogP contribution in [0.1, 0.15) is 13.3 Å². The topological polar surface area (TPSA) is 57.7 Å². The van der Waals surface area contributed by atoms with Crippen LogP contribution in [0.15, 0.2) is 18.2 Å². The first-order valence-electron chi connectivity index (χ1n) is 6.85. The van der Waals surface area contributed by atoms with Crippen LogP contribution >= 0.6 is 0 Å². The van der Waals surface area contributed by atoms with Crippen molar-refractivity contribution in [3.63, 3.8) is 0 Å². The molecular weight excluding hydrogens is 295 g/mol. The highest BCUT2D eigenvalue weighted by molar-refractivity contribution is 7.92. The monoisotopic (exact) mass is 314 g/mol. The summed E-state index contributed by atoms with van der Waals surface area (Å²) in [6.45, 7) is 2.70. The number of carbonyl (C=O) groups is 1. The summed E-state index contributed by atoms with van der Waals surface area (Å²) in [6.07, 6.45) is 0.486. The number of benzene rings is 1. The maximum Gasteiger partial charge on any atom is 0.242 e. The summed E-state index contributed by atoms with van der Waals surface area (Å²) < 4.78 is 36.9. The fourth-order valence-corrected chi connectivity index (χ4v) is 3.73. The van der Waals surface area contributed by atoms with E-state index in [0.717, 1.165) is 0 Å². The second-order valence-corrected chi connectivity index (χ2v) is 7.38. The van der Waals surface area contributed by atoms with Gasteiger partial charge < -0.3 is 9.80 Å². The average Bonchev–Trinajstić information content (AvgIpc) is 2.38. The van der Waals surface area contributed by atoms with Crippen molar-refractivity contribution in [3.8, 4) is 0 Å².